The van der Waals surface area contributed by atoms with Gasteiger partial charge in [-0.1, -0.05) is 24.3 Å². The van der Waals surface area contributed by atoms with E-state index in [2.05, 4.69) is 4.72 Å². The van der Waals surface area contributed by atoms with Crippen molar-refractivity contribution in [1.82, 2.24) is 4.72 Å². The third kappa shape index (κ3) is 4.12. The van der Waals surface area contributed by atoms with Crippen LogP contribution in [0.3, 0.4) is 0 Å². The Morgan fingerprint density at radius 2 is 1.71 bits per heavy atom. The van der Waals surface area contributed by atoms with Crippen LogP contribution in [0.2, 0.25) is 0 Å². The summed E-state index contributed by atoms with van der Waals surface area (Å²) in [6, 6.07) is 12.4. The Hall–Kier alpha value is -1.72. The number of benzene rings is 2. The lowest BCUT2D eigenvalue weighted by molar-refractivity contribution is 0.559. The highest BCUT2D eigenvalue weighted by Crippen LogP contribution is 2.13. The first-order valence-corrected chi connectivity index (χ1v) is 8.19. The van der Waals surface area contributed by atoms with E-state index in [1.54, 1.807) is 0 Å². The van der Waals surface area contributed by atoms with Crippen LogP contribution in [0, 0.1) is 12.7 Å². The van der Waals surface area contributed by atoms with Crippen LogP contribution in [0.25, 0.3) is 0 Å². The first-order valence-electron chi connectivity index (χ1n) is 6.71. The fourth-order valence-electron chi connectivity index (χ4n) is 2.16. The van der Waals surface area contributed by atoms with Gasteiger partial charge in [0.2, 0.25) is 10.0 Å². The zero-order chi connectivity index (χ0) is 15.5. The molecule has 0 aromatic heterocycles. The second-order valence-electron chi connectivity index (χ2n) is 5.11. The quantitative estimate of drug-likeness (QED) is 0.923. The van der Waals surface area contributed by atoms with Gasteiger partial charge in [0.15, 0.2) is 0 Å². The van der Waals surface area contributed by atoms with Crippen molar-refractivity contribution in [1.29, 1.82) is 0 Å². The molecule has 0 heterocycles. The highest BCUT2D eigenvalue weighted by Gasteiger charge is 2.17. The zero-order valence-electron chi connectivity index (χ0n) is 12.0. The summed E-state index contributed by atoms with van der Waals surface area (Å²) in [6.07, 6.45) is 0.604. The molecule has 0 radical (unpaired) electrons. The molecule has 0 amide bonds. The topological polar surface area (TPSA) is 46.2 Å². The first kappa shape index (κ1) is 15.7. The predicted octanol–water partition coefficient (Wildman–Crippen LogP) is 3.04. The van der Waals surface area contributed by atoms with Gasteiger partial charge in [-0.25, -0.2) is 17.5 Å². The van der Waals surface area contributed by atoms with E-state index in [9.17, 15) is 12.8 Å². The molecule has 0 spiro atoms. The van der Waals surface area contributed by atoms with Crippen LogP contribution in [0.1, 0.15) is 18.1 Å². The van der Waals surface area contributed by atoms with Crippen molar-refractivity contribution in [3.05, 3.63) is 65.5 Å². The van der Waals surface area contributed by atoms with Crippen LogP contribution in [-0.2, 0) is 16.4 Å². The molecule has 0 aliphatic rings. The Bertz CT molecular complexity index is 711. The molecule has 21 heavy (non-hydrogen) atoms. The van der Waals surface area contributed by atoms with Gasteiger partial charge in [-0.3, -0.25) is 0 Å². The van der Waals surface area contributed by atoms with Crippen molar-refractivity contribution in [2.24, 2.45) is 0 Å². The van der Waals surface area contributed by atoms with Crippen molar-refractivity contribution >= 4 is 10.0 Å². The van der Waals surface area contributed by atoms with Crippen LogP contribution in [0.15, 0.2) is 53.4 Å². The molecule has 1 atom stereocenters. The van der Waals surface area contributed by atoms with Crippen LogP contribution in [0.4, 0.5) is 4.39 Å². The van der Waals surface area contributed by atoms with E-state index in [0.29, 0.717) is 6.42 Å². The summed E-state index contributed by atoms with van der Waals surface area (Å²) in [6.45, 7) is 3.81. The Balaban J connectivity index is 2.10. The lowest BCUT2D eigenvalue weighted by Crippen LogP contribution is -2.34. The van der Waals surface area contributed by atoms with Gasteiger partial charge in [0.1, 0.15) is 5.82 Å². The van der Waals surface area contributed by atoms with Crippen LogP contribution < -0.4 is 4.72 Å². The Labute approximate surface area is 124 Å². The monoisotopic (exact) mass is 307 g/mol. The number of hydrogen-bond acceptors (Lipinski definition) is 2. The number of aryl methyl sites for hydroxylation is 1. The third-order valence-electron chi connectivity index (χ3n) is 3.27. The summed E-state index contributed by atoms with van der Waals surface area (Å²) in [5.41, 5.74) is 2.23. The van der Waals surface area contributed by atoms with Gasteiger partial charge in [-0.15, -0.1) is 0 Å². The molecule has 0 aliphatic carbocycles. The molecule has 1 unspecified atom stereocenters. The zero-order valence-corrected chi connectivity index (χ0v) is 12.8. The van der Waals surface area contributed by atoms with E-state index in [0.717, 1.165) is 23.3 Å². The van der Waals surface area contributed by atoms with Gasteiger partial charge in [-0.05, 0) is 55.7 Å². The van der Waals surface area contributed by atoms with Crippen LogP contribution in [-0.4, -0.2) is 14.5 Å². The van der Waals surface area contributed by atoms with Crippen molar-refractivity contribution in [3.8, 4) is 0 Å². The van der Waals surface area contributed by atoms with E-state index in [-0.39, 0.29) is 10.9 Å². The Kier molecular flexibility index (Phi) is 4.75. The summed E-state index contributed by atoms with van der Waals surface area (Å²) >= 11 is 0. The van der Waals surface area contributed by atoms with Crippen molar-refractivity contribution in [3.63, 3.8) is 0 Å². The molecule has 5 heteroatoms. The highest BCUT2D eigenvalue weighted by molar-refractivity contribution is 7.89. The summed E-state index contributed by atoms with van der Waals surface area (Å²) < 4.78 is 39.9. The number of sulfonamides is 1. The van der Waals surface area contributed by atoms with Crippen molar-refractivity contribution in [2.75, 3.05) is 0 Å². The maximum atomic E-state index is 12.9. The van der Waals surface area contributed by atoms with Gasteiger partial charge in [0.05, 0.1) is 4.90 Å². The van der Waals surface area contributed by atoms with Crippen molar-refractivity contribution in [2.45, 2.75) is 31.2 Å². The summed E-state index contributed by atoms with van der Waals surface area (Å²) in [5.74, 6) is -0.457. The molecule has 0 saturated heterocycles. The standard InChI is InChI=1S/C16H18FNO2S/c1-12-5-3-4-6-14(12)11-13(2)18-21(19,20)16-9-7-15(17)8-10-16/h3-10,13,18H,11H2,1-2H3. The molecule has 0 fully saturated rings. The molecule has 2 aromatic carbocycles. The molecule has 112 valence electrons. The normalized spacial score (nSPS) is 13.1. The van der Waals surface area contributed by atoms with E-state index in [1.807, 2.05) is 38.1 Å². The Morgan fingerprint density at radius 3 is 2.33 bits per heavy atom. The van der Waals surface area contributed by atoms with Gasteiger partial charge < -0.3 is 0 Å². The lowest BCUT2D eigenvalue weighted by atomic mass is 10.0. The summed E-state index contributed by atoms with van der Waals surface area (Å²) in [7, 11) is -3.63. The average Bonchev–Trinajstić information content (AvgIpc) is 2.41. The van der Waals surface area contributed by atoms with Crippen molar-refractivity contribution < 1.29 is 12.8 Å². The van der Waals surface area contributed by atoms with Gasteiger partial charge in [0, 0.05) is 6.04 Å². The fraction of sp³-hybridized carbons (Fsp3) is 0.250. The van der Waals surface area contributed by atoms with Crippen LogP contribution >= 0.6 is 0 Å². The van der Waals surface area contributed by atoms with E-state index in [1.165, 1.54) is 12.1 Å². The molecule has 2 rings (SSSR count). The first-order chi connectivity index (χ1) is 9.88. The molecule has 0 saturated carbocycles. The molecule has 2 aromatic rings. The van der Waals surface area contributed by atoms with Gasteiger partial charge in [0.25, 0.3) is 0 Å². The average molecular weight is 307 g/mol. The molecule has 3 nitrogen and oxygen atoms in total. The van der Waals surface area contributed by atoms with E-state index < -0.39 is 15.8 Å². The maximum absolute atomic E-state index is 12.9. The third-order valence-corrected chi connectivity index (χ3v) is 4.87. The molecule has 1 N–H and O–H groups in total. The number of hydrogen-bond donors (Lipinski definition) is 1. The highest BCUT2D eigenvalue weighted by atomic mass is 32.2. The minimum Gasteiger partial charge on any atom is -0.208 e. The smallest absolute Gasteiger partial charge is 0.208 e. The second kappa shape index (κ2) is 6.37. The maximum Gasteiger partial charge on any atom is 0.240 e. The van der Waals surface area contributed by atoms with Gasteiger partial charge in [-0.2, -0.15) is 0 Å². The largest absolute Gasteiger partial charge is 0.240 e. The van der Waals surface area contributed by atoms with Gasteiger partial charge >= 0.3 is 0 Å². The second-order valence-corrected chi connectivity index (χ2v) is 6.82. The molecular weight excluding hydrogens is 289 g/mol. The molecular formula is C16H18FNO2S. The summed E-state index contributed by atoms with van der Waals surface area (Å²) in [4.78, 5) is 0.0699. The predicted molar refractivity (Wildman–Crippen MR) is 81.1 cm³/mol. The molecule has 0 aliphatic heterocycles. The van der Waals surface area contributed by atoms with E-state index >= 15 is 0 Å². The number of rotatable bonds is 5. The minimum absolute atomic E-state index is 0.0699. The lowest BCUT2D eigenvalue weighted by Gasteiger charge is -2.15. The molecule has 0 bridgehead atoms. The summed E-state index contributed by atoms with van der Waals surface area (Å²) in [5, 5.41) is 0. The van der Waals surface area contributed by atoms with E-state index in [4.69, 9.17) is 0 Å². The number of nitrogens with one attached hydrogen (secondary N) is 1. The fourth-order valence-corrected chi connectivity index (χ4v) is 3.40. The minimum atomic E-state index is -3.63. The SMILES string of the molecule is Cc1ccccc1CC(C)NS(=O)(=O)c1ccc(F)cc1. The number of halogens is 1. The Morgan fingerprint density at radius 1 is 1.10 bits per heavy atom. The van der Waals surface area contributed by atoms with Crippen LogP contribution in [0.5, 0.6) is 0 Å².